The van der Waals surface area contributed by atoms with E-state index in [-0.39, 0.29) is 24.8 Å². The minimum atomic E-state index is -5.65. The van der Waals surface area contributed by atoms with Gasteiger partial charge in [0.15, 0.2) is 0 Å². The number of rotatable bonds is 5. The Morgan fingerprint density at radius 3 is 2.45 bits per heavy atom. The van der Waals surface area contributed by atoms with Crippen LogP contribution < -0.4 is 5.32 Å². The van der Waals surface area contributed by atoms with Crippen molar-refractivity contribution in [3.8, 4) is 0 Å². The maximum absolute atomic E-state index is 13.0. The predicted molar refractivity (Wildman–Crippen MR) is 64.4 cm³/mol. The zero-order chi connectivity index (χ0) is 15.6. The molecule has 0 amide bonds. The molecule has 1 aromatic rings. The smallest absolute Gasteiger partial charge is 0.396 e. The number of aliphatic hydroxyl groups is 1. The molecule has 0 saturated carbocycles. The molecule has 0 aliphatic carbocycles. The van der Waals surface area contributed by atoms with Gasteiger partial charge in [-0.3, -0.25) is 0 Å². The second-order valence-corrected chi connectivity index (χ2v) is 6.17. The van der Waals surface area contributed by atoms with Crippen LogP contribution in [0.2, 0.25) is 0 Å². The fraction of sp³-hybridized carbons (Fsp3) is 0.455. The maximum Gasteiger partial charge on any atom is 0.501 e. The fourth-order valence-electron chi connectivity index (χ4n) is 1.34. The van der Waals surface area contributed by atoms with Crippen molar-refractivity contribution in [1.82, 2.24) is 0 Å². The SMILES string of the molecule is CC(CO)CNc1ccc(F)cc1S(=O)(=O)C(F)(F)F. The Labute approximate surface area is 113 Å². The summed E-state index contributed by atoms with van der Waals surface area (Å²) in [4.78, 5) is -1.17. The van der Waals surface area contributed by atoms with Crippen LogP contribution in [0, 0.1) is 11.7 Å². The van der Waals surface area contributed by atoms with Crippen LogP contribution in [-0.2, 0) is 9.84 Å². The van der Waals surface area contributed by atoms with E-state index >= 15 is 0 Å². The van der Waals surface area contributed by atoms with E-state index in [1.165, 1.54) is 0 Å². The minimum absolute atomic E-state index is 0.0442. The van der Waals surface area contributed by atoms with Crippen LogP contribution in [0.5, 0.6) is 0 Å². The molecular formula is C11H13F4NO3S. The molecule has 0 aromatic heterocycles. The summed E-state index contributed by atoms with van der Waals surface area (Å²) in [5, 5.41) is 11.3. The van der Waals surface area contributed by atoms with Gasteiger partial charge in [0.2, 0.25) is 0 Å². The number of hydrogen-bond acceptors (Lipinski definition) is 4. The predicted octanol–water partition coefficient (Wildman–Crippen LogP) is 2.16. The fourth-order valence-corrected chi connectivity index (χ4v) is 2.28. The second-order valence-electron chi connectivity index (χ2n) is 4.26. The van der Waals surface area contributed by atoms with E-state index in [0.29, 0.717) is 6.07 Å². The lowest BCUT2D eigenvalue weighted by Crippen LogP contribution is -2.25. The highest BCUT2D eigenvalue weighted by Gasteiger charge is 2.48. The van der Waals surface area contributed by atoms with Gasteiger partial charge in [0, 0.05) is 13.2 Å². The van der Waals surface area contributed by atoms with Crippen molar-refractivity contribution in [2.24, 2.45) is 5.92 Å². The molecular weight excluding hydrogens is 302 g/mol. The summed E-state index contributed by atoms with van der Waals surface area (Å²) >= 11 is 0. The van der Waals surface area contributed by atoms with E-state index in [9.17, 15) is 26.0 Å². The summed E-state index contributed by atoms with van der Waals surface area (Å²) in [5.74, 6) is -1.39. The Morgan fingerprint density at radius 2 is 1.95 bits per heavy atom. The average molecular weight is 315 g/mol. The van der Waals surface area contributed by atoms with Crippen LogP contribution in [0.1, 0.15) is 6.92 Å². The number of halogens is 4. The highest BCUT2D eigenvalue weighted by Crippen LogP contribution is 2.34. The summed E-state index contributed by atoms with van der Waals surface area (Å²) in [5.41, 5.74) is -5.87. The summed E-state index contributed by atoms with van der Waals surface area (Å²) < 4.78 is 73.3. The topological polar surface area (TPSA) is 66.4 Å². The maximum atomic E-state index is 13.0. The van der Waals surface area contributed by atoms with Crippen LogP contribution in [0.15, 0.2) is 23.1 Å². The number of benzene rings is 1. The number of alkyl halides is 3. The molecule has 0 saturated heterocycles. The lowest BCUT2D eigenvalue weighted by molar-refractivity contribution is -0.0435. The number of hydrogen-bond donors (Lipinski definition) is 2. The van der Waals surface area contributed by atoms with E-state index in [4.69, 9.17) is 5.11 Å². The standard InChI is InChI=1S/C11H13F4NO3S/c1-7(6-17)5-16-9-3-2-8(12)4-10(9)20(18,19)11(13,14)15/h2-4,7,16-17H,5-6H2,1H3. The molecule has 20 heavy (non-hydrogen) atoms. The third-order valence-corrected chi connectivity index (χ3v) is 4.02. The molecule has 0 bridgehead atoms. The zero-order valence-corrected chi connectivity index (χ0v) is 11.2. The van der Waals surface area contributed by atoms with Gasteiger partial charge in [0.1, 0.15) is 10.7 Å². The van der Waals surface area contributed by atoms with Crippen molar-refractivity contribution >= 4 is 15.5 Å². The summed E-state index contributed by atoms with van der Waals surface area (Å²) in [6.07, 6.45) is 0. The van der Waals surface area contributed by atoms with Crippen molar-refractivity contribution < 1.29 is 31.1 Å². The van der Waals surface area contributed by atoms with Crippen LogP contribution in [0.25, 0.3) is 0 Å². The van der Waals surface area contributed by atoms with Crippen LogP contribution in [0.4, 0.5) is 23.2 Å². The first-order valence-corrected chi connectivity index (χ1v) is 7.03. The van der Waals surface area contributed by atoms with Crippen LogP contribution in [0.3, 0.4) is 0 Å². The number of anilines is 1. The van der Waals surface area contributed by atoms with Crippen LogP contribution in [-0.4, -0.2) is 32.2 Å². The Bertz CT molecular complexity index is 572. The molecule has 2 N–H and O–H groups in total. The molecule has 0 radical (unpaired) electrons. The van der Waals surface area contributed by atoms with E-state index < -0.39 is 26.1 Å². The van der Waals surface area contributed by atoms with Crippen LogP contribution >= 0.6 is 0 Å². The van der Waals surface area contributed by atoms with E-state index in [2.05, 4.69) is 5.32 Å². The molecule has 0 spiro atoms. The molecule has 9 heteroatoms. The number of aliphatic hydroxyl groups excluding tert-OH is 1. The molecule has 0 aliphatic heterocycles. The highest BCUT2D eigenvalue weighted by molar-refractivity contribution is 7.92. The molecule has 1 aromatic carbocycles. The Hall–Kier alpha value is -1.35. The first kappa shape index (κ1) is 16.7. The van der Waals surface area contributed by atoms with Gasteiger partial charge >= 0.3 is 5.51 Å². The first-order chi connectivity index (χ1) is 9.09. The van der Waals surface area contributed by atoms with Crippen molar-refractivity contribution in [1.29, 1.82) is 0 Å². The number of sulfone groups is 1. The van der Waals surface area contributed by atoms with Gasteiger partial charge in [-0.15, -0.1) is 0 Å². The first-order valence-electron chi connectivity index (χ1n) is 5.55. The summed E-state index contributed by atoms with van der Waals surface area (Å²) in [6, 6.07) is 2.08. The monoisotopic (exact) mass is 315 g/mol. The Kier molecular flexibility index (Phi) is 4.98. The molecule has 1 atom stereocenters. The van der Waals surface area contributed by atoms with E-state index in [0.717, 1.165) is 12.1 Å². The minimum Gasteiger partial charge on any atom is -0.396 e. The average Bonchev–Trinajstić information content (AvgIpc) is 2.35. The highest BCUT2D eigenvalue weighted by atomic mass is 32.2. The lowest BCUT2D eigenvalue weighted by Gasteiger charge is -2.16. The van der Waals surface area contributed by atoms with Gasteiger partial charge in [-0.05, 0) is 24.1 Å². The second kappa shape index (κ2) is 5.96. The van der Waals surface area contributed by atoms with Gasteiger partial charge in [0.25, 0.3) is 9.84 Å². The molecule has 0 heterocycles. The van der Waals surface area contributed by atoms with Gasteiger partial charge in [-0.25, -0.2) is 12.8 Å². The zero-order valence-electron chi connectivity index (χ0n) is 10.4. The van der Waals surface area contributed by atoms with Crippen molar-refractivity contribution in [3.05, 3.63) is 24.0 Å². The summed E-state index contributed by atoms with van der Waals surface area (Å²) in [7, 11) is -5.65. The summed E-state index contributed by atoms with van der Waals surface area (Å²) in [6.45, 7) is 1.42. The Morgan fingerprint density at radius 1 is 1.35 bits per heavy atom. The normalized spacial score (nSPS) is 14.1. The van der Waals surface area contributed by atoms with Gasteiger partial charge in [-0.2, -0.15) is 13.2 Å². The quantitative estimate of drug-likeness (QED) is 0.817. The largest absolute Gasteiger partial charge is 0.501 e. The van der Waals surface area contributed by atoms with Gasteiger partial charge in [-0.1, -0.05) is 6.92 Å². The third-order valence-electron chi connectivity index (χ3n) is 2.49. The van der Waals surface area contributed by atoms with Crippen molar-refractivity contribution in [3.63, 3.8) is 0 Å². The Balaban J connectivity index is 3.22. The lowest BCUT2D eigenvalue weighted by atomic mass is 10.2. The molecule has 4 nitrogen and oxygen atoms in total. The van der Waals surface area contributed by atoms with Crippen molar-refractivity contribution in [2.75, 3.05) is 18.5 Å². The van der Waals surface area contributed by atoms with E-state index in [1.807, 2.05) is 0 Å². The van der Waals surface area contributed by atoms with Gasteiger partial charge in [0.05, 0.1) is 5.69 Å². The number of nitrogens with one attached hydrogen (secondary N) is 1. The van der Waals surface area contributed by atoms with Crippen molar-refractivity contribution in [2.45, 2.75) is 17.3 Å². The molecule has 0 aliphatic rings. The third kappa shape index (κ3) is 3.60. The van der Waals surface area contributed by atoms with Gasteiger partial charge < -0.3 is 10.4 Å². The molecule has 0 fully saturated rings. The molecule has 114 valence electrons. The molecule has 1 unspecified atom stereocenters. The van der Waals surface area contributed by atoms with E-state index in [1.54, 1.807) is 6.92 Å². The molecule has 1 rings (SSSR count).